The Kier molecular flexibility index (Phi) is 5.35. The highest BCUT2D eigenvalue weighted by atomic mass is 32.2. The lowest BCUT2D eigenvalue weighted by Gasteiger charge is -2.16. The van der Waals surface area contributed by atoms with Crippen LogP contribution in [0.3, 0.4) is 0 Å². The SMILES string of the molecule is CN(Cc1ccc(S(C)=O)cc1)Cc1cnc(C(=O)O)cn1. The van der Waals surface area contributed by atoms with Gasteiger partial charge in [-0.3, -0.25) is 14.1 Å². The van der Waals surface area contributed by atoms with Crippen LogP contribution in [0.15, 0.2) is 41.6 Å². The molecule has 1 unspecified atom stereocenters. The molecule has 116 valence electrons. The van der Waals surface area contributed by atoms with Crippen molar-refractivity contribution in [3.8, 4) is 0 Å². The van der Waals surface area contributed by atoms with Crippen molar-refractivity contribution in [2.24, 2.45) is 0 Å². The van der Waals surface area contributed by atoms with Crippen LogP contribution in [0.25, 0.3) is 0 Å². The first-order valence-corrected chi connectivity index (χ1v) is 8.16. The van der Waals surface area contributed by atoms with Crippen LogP contribution in [0.4, 0.5) is 0 Å². The lowest BCUT2D eigenvalue weighted by molar-refractivity contribution is 0.0690. The molecule has 2 aromatic rings. The molecular weight excluding hydrogens is 302 g/mol. The third kappa shape index (κ3) is 4.44. The van der Waals surface area contributed by atoms with Crippen LogP contribution < -0.4 is 0 Å². The molecule has 0 bridgehead atoms. The van der Waals surface area contributed by atoms with Gasteiger partial charge in [0.1, 0.15) is 0 Å². The van der Waals surface area contributed by atoms with E-state index in [0.717, 1.165) is 10.5 Å². The molecule has 0 saturated heterocycles. The number of carboxylic acids is 1. The first kappa shape index (κ1) is 16.3. The van der Waals surface area contributed by atoms with Gasteiger partial charge < -0.3 is 5.11 Å². The Morgan fingerprint density at radius 3 is 2.36 bits per heavy atom. The molecule has 0 aliphatic rings. The van der Waals surface area contributed by atoms with Gasteiger partial charge in [-0.2, -0.15) is 0 Å². The average Bonchev–Trinajstić information content (AvgIpc) is 2.48. The monoisotopic (exact) mass is 319 g/mol. The number of benzene rings is 1. The van der Waals surface area contributed by atoms with Gasteiger partial charge in [0.2, 0.25) is 0 Å². The van der Waals surface area contributed by atoms with Crippen molar-refractivity contribution in [1.82, 2.24) is 14.9 Å². The number of aromatic nitrogens is 2. The van der Waals surface area contributed by atoms with Crippen LogP contribution in [0.2, 0.25) is 0 Å². The first-order chi connectivity index (χ1) is 10.5. The van der Waals surface area contributed by atoms with Crippen molar-refractivity contribution in [2.45, 2.75) is 18.0 Å². The van der Waals surface area contributed by atoms with E-state index in [0.29, 0.717) is 18.8 Å². The second-order valence-electron chi connectivity index (χ2n) is 4.97. The summed E-state index contributed by atoms with van der Waals surface area (Å²) in [5.41, 5.74) is 1.75. The largest absolute Gasteiger partial charge is 0.476 e. The predicted octanol–water partition coefficient (Wildman–Crippen LogP) is 1.54. The van der Waals surface area contributed by atoms with Crippen LogP contribution in [-0.4, -0.2) is 43.5 Å². The van der Waals surface area contributed by atoms with E-state index in [4.69, 9.17) is 5.11 Å². The number of rotatable bonds is 6. The lowest BCUT2D eigenvalue weighted by Crippen LogP contribution is -2.18. The van der Waals surface area contributed by atoms with Crippen LogP contribution in [0, 0.1) is 0 Å². The molecule has 22 heavy (non-hydrogen) atoms. The summed E-state index contributed by atoms with van der Waals surface area (Å²) >= 11 is 0. The minimum Gasteiger partial charge on any atom is -0.476 e. The van der Waals surface area contributed by atoms with Gasteiger partial charge in [-0.05, 0) is 24.7 Å². The molecule has 1 aromatic carbocycles. The number of nitrogens with zero attached hydrogens (tertiary/aromatic N) is 3. The molecule has 0 aliphatic carbocycles. The van der Waals surface area contributed by atoms with Crippen molar-refractivity contribution in [2.75, 3.05) is 13.3 Å². The van der Waals surface area contributed by atoms with Gasteiger partial charge in [-0.25, -0.2) is 9.78 Å². The zero-order valence-electron chi connectivity index (χ0n) is 12.4. The quantitative estimate of drug-likeness (QED) is 0.869. The van der Waals surface area contributed by atoms with Crippen molar-refractivity contribution in [3.63, 3.8) is 0 Å². The van der Waals surface area contributed by atoms with Crippen LogP contribution >= 0.6 is 0 Å². The molecule has 1 heterocycles. The summed E-state index contributed by atoms with van der Waals surface area (Å²) in [5.74, 6) is -1.08. The molecular formula is C15H17N3O3S. The molecule has 1 N–H and O–H groups in total. The lowest BCUT2D eigenvalue weighted by atomic mass is 10.2. The van der Waals surface area contributed by atoms with Crippen molar-refractivity contribution < 1.29 is 14.1 Å². The van der Waals surface area contributed by atoms with E-state index in [2.05, 4.69) is 9.97 Å². The number of carboxylic acid groups (broad SMARTS) is 1. The summed E-state index contributed by atoms with van der Waals surface area (Å²) in [7, 11) is 0.976. The highest BCUT2D eigenvalue weighted by molar-refractivity contribution is 7.84. The van der Waals surface area contributed by atoms with E-state index in [9.17, 15) is 9.00 Å². The maximum Gasteiger partial charge on any atom is 0.356 e. The summed E-state index contributed by atoms with van der Waals surface area (Å²) in [6, 6.07) is 7.63. The van der Waals surface area contributed by atoms with Gasteiger partial charge in [-0.1, -0.05) is 12.1 Å². The number of carbonyl (C=O) groups is 1. The van der Waals surface area contributed by atoms with Gasteiger partial charge in [0, 0.05) is 35.0 Å². The zero-order valence-corrected chi connectivity index (χ0v) is 13.2. The fourth-order valence-electron chi connectivity index (χ4n) is 1.98. The predicted molar refractivity (Wildman–Crippen MR) is 82.9 cm³/mol. The molecule has 0 saturated carbocycles. The van der Waals surface area contributed by atoms with E-state index < -0.39 is 16.8 Å². The third-order valence-corrected chi connectivity index (χ3v) is 4.00. The highest BCUT2D eigenvalue weighted by Gasteiger charge is 2.07. The standard InChI is InChI=1S/C15H17N3O3S/c1-18(9-11-3-5-13(6-4-11)22(2)21)10-12-7-17-14(8-16-12)15(19)20/h3-8H,9-10H2,1-2H3,(H,19,20). The second-order valence-corrected chi connectivity index (χ2v) is 6.35. The molecule has 1 atom stereocenters. The maximum absolute atomic E-state index is 11.3. The average molecular weight is 319 g/mol. The Morgan fingerprint density at radius 2 is 1.86 bits per heavy atom. The van der Waals surface area contributed by atoms with Gasteiger partial charge in [0.15, 0.2) is 5.69 Å². The summed E-state index contributed by atoms with van der Waals surface area (Å²) in [6.45, 7) is 1.27. The van der Waals surface area contributed by atoms with E-state index in [1.165, 1.54) is 12.4 Å². The van der Waals surface area contributed by atoms with Crippen molar-refractivity contribution >= 4 is 16.8 Å². The molecule has 7 heteroatoms. The first-order valence-electron chi connectivity index (χ1n) is 6.61. The van der Waals surface area contributed by atoms with Gasteiger partial charge >= 0.3 is 5.97 Å². The van der Waals surface area contributed by atoms with Crippen LogP contribution in [0.1, 0.15) is 21.7 Å². The summed E-state index contributed by atoms with van der Waals surface area (Å²) in [5, 5.41) is 8.78. The third-order valence-electron chi connectivity index (χ3n) is 3.06. The Morgan fingerprint density at radius 1 is 1.18 bits per heavy atom. The van der Waals surface area contributed by atoms with E-state index in [1.807, 2.05) is 36.2 Å². The van der Waals surface area contributed by atoms with Crippen LogP contribution in [0.5, 0.6) is 0 Å². The van der Waals surface area contributed by atoms with Gasteiger partial charge in [-0.15, -0.1) is 0 Å². The molecule has 2 rings (SSSR count). The smallest absolute Gasteiger partial charge is 0.356 e. The second kappa shape index (κ2) is 7.24. The van der Waals surface area contributed by atoms with Crippen molar-refractivity contribution in [1.29, 1.82) is 0 Å². The van der Waals surface area contributed by atoms with Gasteiger partial charge in [0.25, 0.3) is 0 Å². The molecule has 0 aliphatic heterocycles. The van der Waals surface area contributed by atoms with Gasteiger partial charge in [0.05, 0.1) is 18.1 Å². The number of hydrogen-bond acceptors (Lipinski definition) is 5. The summed E-state index contributed by atoms with van der Waals surface area (Å²) in [6.07, 6.45) is 4.39. The maximum atomic E-state index is 11.3. The Hall–Kier alpha value is -2.12. The molecule has 1 aromatic heterocycles. The minimum atomic E-state index is -1.08. The topological polar surface area (TPSA) is 83.4 Å². The Bertz CT molecular complexity index is 612. The molecule has 0 spiro atoms. The summed E-state index contributed by atoms with van der Waals surface area (Å²) < 4.78 is 11.3. The van der Waals surface area contributed by atoms with Crippen LogP contribution in [-0.2, 0) is 23.9 Å². The van der Waals surface area contributed by atoms with E-state index >= 15 is 0 Å². The van der Waals surface area contributed by atoms with E-state index in [1.54, 1.807) is 6.26 Å². The summed E-state index contributed by atoms with van der Waals surface area (Å²) in [4.78, 5) is 21.5. The normalized spacial score (nSPS) is 12.3. The highest BCUT2D eigenvalue weighted by Crippen LogP contribution is 2.10. The minimum absolute atomic E-state index is 0.0606. The zero-order chi connectivity index (χ0) is 16.1. The number of hydrogen-bond donors (Lipinski definition) is 1. The van der Waals surface area contributed by atoms with E-state index in [-0.39, 0.29) is 5.69 Å². The van der Waals surface area contributed by atoms with Crippen molar-refractivity contribution in [3.05, 3.63) is 53.6 Å². The molecule has 0 fully saturated rings. The molecule has 0 amide bonds. The molecule has 0 radical (unpaired) electrons. The fraction of sp³-hybridized carbons (Fsp3) is 0.267. The number of aromatic carboxylic acids is 1. The Balaban J connectivity index is 1.95. The Labute approximate surface area is 131 Å². The molecule has 6 nitrogen and oxygen atoms in total. The fourth-order valence-corrected chi connectivity index (χ4v) is 2.50.